The van der Waals surface area contributed by atoms with Crippen LogP contribution in [0, 0.1) is 5.92 Å². The van der Waals surface area contributed by atoms with Crippen LogP contribution in [0.2, 0.25) is 0 Å². The van der Waals surface area contributed by atoms with E-state index in [0.29, 0.717) is 17.2 Å². The van der Waals surface area contributed by atoms with E-state index in [9.17, 15) is 22.8 Å². The van der Waals surface area contributed by atoms with Crippen molar-refractivity contribution >= 4 is 17.5 Å². The van der Waals surface area contributed by atoms with Gasteiger partial charge in [0.2, 0.25) is 0 Å². The summed E-state index contributed by atoms with van der Waals surface area (Å²) in [5.74, 6) is 0.401. The molecule has 0 saturated carbocycles. The molecule has 0 atom stereocenters. The maximum absolute atomic E-state index is 12.7. The van der Waals surface area contributed by atoms with Crippen LogP contribution in [-0.2, 0) is 11.0 Å². The summed E-state index contributed by atoms with van der Waals surface area (Å²) in [6.45, 7) is 3.30. The van der Waals surface area contributed by atoms with Crippen LogP contribution in [0.3, 0.4) is 0 Å². The second kappa shape index (κ2) is 9.19. The van der Waals surface area contributed by atoms with E-state index in [2.05, 4.69) is 12.2 Å². The van der Waals surface area contributed by atoms with Crippen LogP contribution in [0.25, 0.3) is 0 Å². The Balaban J connectivity index is 1.51. The summed E-state index contributed by atoms with van der Waals surface area (Å²) >= 11 is 0. The van der Waals surface area contributed by atoms with E-state index in [0.717, 1.165) is 38.1 Å². The molecule has 1 fully saturated rings. The minimum Gasteiger partial charge on any atom is -0.484 e. The van der Waals surface area contributed by atoms with Gasteiger partial charge in [0, 0.05) is 24.3 Å². The van der Waals surface area contributed by atoms with Crippen LogP contribution in [0.15, 0.2) is 48.5 Å². The molecule has 1 heterocycles. The first kappa shape index (κ1) is 21.7. The van der Waals surface area contributed by atoms with E-state index in [1.165, 1.54) is 12.1 Å². The lowest BCUT2D eigenvalue weighted by molar-refractivity contribution is -0.137. The van der Waals surface area contributed by atoms with E-state index >= 15 is 0 Å². The van der Waals surface area contributed by atoms with Crippen molar-refractivity contribution in [2.75, 3.05) is 25.0 Å². The van der Waals surface area contributed by atoms with Crippen molar-refractivity contribution in [2.24, 2.45) is 5.92 Å². The van der Waals surface area contributed by atoms with Crippen molar-refractivity contribution in [1.29, 1.82) is 0 Å². The minimum absolute atomic E-state index is 0.0317. The lowest BCUT2D eigenvalue weighted by Gasteiger charge is -2.30. The normalized spacial score (nSPS) is 15.0. The number of amides is 2. The molecule has 2 aromatic carbocycles. The number of halogens is 3. The van der Waals surface area contributed by atoms with Gasteiger partial charge in [-0.15, -0.1) is 0 Å². The van der Waals surface area contributed by atoms with Gasteiger partial charge in [-0.25, -0.2) is 0 Å². The van der Waals surface area contributed by atoms with Gasteiger partial charge in [0.05, 0.1) is 5.56 Å². The molecule has 160 valence electrons. The molecule has 30 heavy (non-hydrogen) atoms. The highest BCUT2D eigenvalue weighted by Crippen LogP contribution is 2.30. The quantitative estimate of drug-likeness (QED) is 0.770. The number of carbonyl (C=O) groups is 2. The van der Waals surface area contributed by atoms with Crippen molar-refractivity contribution in [3.63, 3.8) is 0 Å². The van der Waals surface area contributed by atoms with Gasteiger partial charge in [-0.1, -0.05) is 13.0 Å². The summed E-state index contributed by atoms with van der Waals surface area (Å²) in [7, 11) is 0. The molecular formula is C22H23F3N2O3. The standard InChI is InChI=1S/C22H23F3N2O3/c1-15-9-11-27(12-10-15)21(29)16-5-7-19(8-6-16)30-14-20(28)26-18-4-2-3-17(13-18)22(23,24)25/h2-8,13,15H,9-12,14H2,1H3,(H,26,28). The third-order valence-electron chi connectivity index (χ3n) is 5.02. The fourth-order valence-corrected chi connectivity index (χ4v) is 3.21. The molecule has 1 aliphatic heterocycles. The third kappa shape index (κ3) is 5.75. The minimum atomic E-state index is -4.48. The number of nitrogens with zero attached hydrogens (tertiary/aromatic N) is 1. The number of likely N-dealkylation sites (tertiary alicyclic amines) is 1. The zero-order valence-corrected chi connectivity index (χ0v) is 16.5. The van der Waals surface area contributed by atoms with Crippen molar-refractivity contribution in [3.8, 4) is 5.75 Å². The molecule has 1 saturated heterocycles. The smallest absolute Gasteiger partial charge is 0.416 e. The first-order valence-electron chi connectivity index (χ1n) is 9.71. The molecule has 0 radical (unpaired) electrons. The average molecular weight is 420 g/mol. The Morgan fingerprint density at radius 3 is 2.40 bits per heavy atom. The number of piperidine rings is 1. The highest BCUT2D eigenvalue weighted by Gasteiger charge is 2.30. The zero-order chi connectivity index (χ0) is 21.7. The fourth-order valence-electron chi connectivity index (χ4n) is 3.21. The van der Waals surface area contributed by atoms with Gasteiger partial charge in [-0.2, -0.15) is 13.2 Å². The number of ether oxygens (including phenoxy) is 1. The van der Waals surface area contributed by atoms with Crippen LogP contribution >= 0.6 is 0 Å². The number of rotatable bonds is 5. The lowest BCUT2D eigenvalue weighted by atomic mass is 9.98. The predicted molar refractivity (Wildman–Crippen MR) is 106 cm³/mol. The topological polar surface area (TPSA) is 58.6 Å². The first-order chi connectivity index (χ1) is 14.2. The van der Waals surface area contributed by atoms with Crippen molar-refractivity contribution in [3.05, 3.63) is 59.7 Å². The van der Waals surface area contributed by atoms with Crippen molar-refractivity contribution in [2.45, 2.75) is 25.9 Å². The van der Waals surface area contributed by atoms with Gasteiger partial charge >= 0.3 is 6.18 Å². The zero-order valence-electron chi connectivity index (χ0n) is 16.5. The highest BCUT2D eigenvalue weighted by molar-refractivity contribution is 5.94. The molecular weight excluding hydrogens is 397 g/mol. The Morgan fingerprint density at radius 1 is 1.10 bits per heavy atom. The summed E-state index contributed by atoms with van der Waals surface area (Å²) < 4.78 is 43.6. The van der Waals surface area contributed by atoms with Crippen LogP contribution in [0.4, 0.5) is 18.9 Å². The maximum Gasteiger partial charge on any atom is 0.416 e. The lowest BCUT2D eigenvalue weighted by Crippen LogP contribution is -2.37. The maximum atomic E-state index is 12.7. The van der Waals surface area contributed by atoms with Crippen LogP contribution in [0.1, 0.15) is 35.7 Å². The van der Waals surface area contributed by atoms with Crippen molar-refractivity contribution in [1.82, 2.24) is 4.90 Å². The van der Waals surface area contributed by atoms with E-state index in [-0.39, 0.29) is 18.2 Å². The SMILES string of the molecule is CC1CCN(C(=O)c2ccc(OCC(=O)Nc3cccc(C(F)(F)F)c3)cc2)CC1. The van der Waals surface area contributed by atoms with Crippen molar-refractivity contribution < 1.29 is 27.5 Å². The van der Waals surface area contributed by atoms with E-state index in [4.69, 9.17) is 4.74 Å². The van der Waals surface area contributed by atoms with Gasteiger partial charge in [-0.05, 0) is 61.2 Å². The number of benzene rings is 2. The van der Waals surface area contributed by atoms with E-state index < -0.39 is 17.6 Å². The predicted octanol–water partition coefficient (Wildman–Crippen LogP) is 4.60. The third-order valence-corrected chi connectivity index (χ3v) is 5.02. The van der Waals surface area contributed by atoms with Gasteiger partial charge in [0.25, 0.3) is 11.8 Å². The van der Waals surface area contributed by atoms with Gasteiger partial charge in [0.1, 0.15) is 5.75 Å². The molecule has 0 bridgehead atoms. The fraction of sp³-hybridized carbons (Fsp3) is 0.364. The van der Waals surface area contributed by atoms with Crippen LogP contribution < -0.4 is 10.1 Å². The molecule has 3 rings (SSSR count). The first-order valence-corrected chi connectivity index (χ1v) is 9.71. The van der Waals surface area contributed by atoms with Crippen LogP contribution in [-0.4, -0.2) is 36.4 Å². The second-order valence-corrected chi connectivity index (χ2v) is 7.41. The molecule has 1 aliphatic rings. The highest BCUT2D eigenvalue weighted by atomic mass is 19.4. The second-order valence-electron chi connectivity index (χ2n) is 7.41. The largest absolute Gasteiger partial charge is 0.484 e. The molecule has 2 aromatic rings. The molecule has 0 spiro atoms. The Morgan fingerprint density at radius 2 is 1.77 bits per heavy atom. The Hall–Kier alpha value is -3.03. The molecule has 0 aliphatic carbocycles. The summed E-state index contributed by atoms with van der Waals surface area (Å²) in [5.41, 5.74) is -0.259. The monoisotopic (exact) mass is 420 g/mol. The summed E-state index contributed by atoms with van der Waals surface area (Å²) in [5, 5.41) is 2.38. The number of alkyl halides is 3. The number of anilines is 1. The van der Waals surface area contributed by atoms with Crippen LogP contribution in [0.5, 0.6) is 5.75 Å². The molecule has 0 aromatic heterocycles. The Kier molecular flexibility index (Phi) is 6.64. The van der Waals surface area contributed by atoms with Gasteiger partial charge in [0.15, 0.2) is 6.61 Å². The summed E-state index contributed by atoms with van der Waals surface area (Å²) in [6.07, 6.45) is -2.50. The Bertz CT molecular complexity index is 889. The Labute approximate surface area is 172 Å². The molecule has 8 heteroatoms. The summed E-state index contributed by atoms with van der Waals surface area (Å²) in [4.78, 5) is 26.3. The number of nitrogens with one attached hydrogen (secondary N) is 1. The average Bonchev–Trinajstić information content (AvgIpc) is 2.72. The number of carbonyl (C=O) groups excluding carboxylic acids is 2. The van der Waals surface area contributed by atoms with Gasteiger partial charge < -0.3 is 15.0 Å². The summed E-state index contributed by atoms with van der Waals surface area (Å²) in [6, 6.07) is 10.8. The molecule has 5 nitrogen and oxygen atoms in total. The molecule has 2 amide bonds. The number of hydrogen-bond donors (Lipinski definition) is 1. The van der Waals surface area contributed by atoms with E-state index in [1.807, 2.05) is 4.90 Å². The molecule has 0 unspecified atom stereocenters. The number of hydrogen-bond acceptors (Lipinski definition) is 3. The molecule has 1 N–H and O–H groups in total. The van der Waals surface area contributed by atoms with Gasteiger partial charge in [-0.3, -0.25) is 9.59 Å². The van der Waals surface area contributed by atoms with E-state index in [1.54, 1.807) is 24.3 Å².